The Morgan fingerprint density at radius 2 is 2.19 bits per heavy atom. The van der Waals surface area contributed by atoms with E-state index in [2.05, 4.69) is 10.1 Å². The summed E-state index contributed by atoms with van der Waals surface area (Å²) in [4.78, 5) is 34.3. The molecule has 0 bridgehead atoms. The molecular formula is C12H14N2O6S. The van der Waals surface area contributed by atoms with Crippen molar-refractivity contribution in [2.24, 2.45) is 0 Å². The summed E-state index contributed by atoms with van der Waals surface area (Å²) in [7, 11) is 1.11. The Balaban J connectivity index is 3.10. The molecule has 1 aromatic rings. The number of esters is 1. The molecule has 0 fully saturated rings. The number of aliphatic hydroxyl groups is 1. The fourth-order valence-corrected chi connectivity index (χ4v) is 1.98. The van der Waals surface area contributed by atoms with Gasteiger partial charge in [0.2, 0.25) is 0 Å². The van der Waals surface area contributed by atoms with Crippen molar-refractivity contribution < 1.29 is 24.4 Å². The number of thioether (sulfide) groups is 1. The van der Waals surface area contributed by atoms with Crippen molar-refractivity contribution >= 4 is 29.3 Å². The van der Waals surface area contributed by atoms with Gasteiger partial charge in [-0.15, -0.1) is 11.8 Å². The van der Waals surface area contributed by atoms with Gasteiger partial charge in [0, 0.05) is 11.0 Å². The van der Waals surface area contributed by atoms with Gasteiger partial charge in [0.05, 0.1) is 18.6 Å². The molecule has 1 aromatic carbocycles. The van der Waals surface area contributed by atoms with Crippen molar-refractivity contribution in [3.05, 3.63) is 33.9 Å². The van der Waals surface area contributed by atoms with Gasteiger partial charge in [0.15, 0.2) is 6.04 Å². The lowest BCUT2D eigenvalue weighted by Crippen LogP contribution is -2.44. The van der Waals surface area contributed by atoms with E-state index in [1.54, 1.807) is 6.26 Å². The zero-order valence-electron chi connectivity index (χ0n) is 11.4. The Morgan fingerprint density at radius 1 is 1.52 bits per heavy atom. The molecular weight excluding hydrogens is 300 g/mol. The minimum absolute atomic E-state index is 0.186. The Labute approximate surface area is 124 Å². The standard InChI is InChI=1S/C12H14N2O6S/c1-20-12(17)9(6-15)13-11(16)8-5-7(21-2)3-4-10(8)14(18)19/h3-5,9,15H,6H2,1-2H3,(H,13,16). The summed E-state index contributed by atoms with van der Waals surface area (Å²) < 4.78 is 4.41. The highest BCUT2D eigenvalue weighted by molar-refractivity contribution is 7.98. The lowest BCUT2D eigenvalue weighted by molar-refractivity contribution is -0.385. The first-order valence-corrected chi connectivity index (χ1v) is 6.99. The number of carbonyl (C=O) groups is 2. The first-order valence-electron chi connectivity index (χ1n) is 5.76. The Kier molecular flexibility index (Phi) is 6.12. The van der Waals surface area contributed by atoms with Crippen molar-refractivity contribution in [1.82, 2.24) is 5.32 Å². The normalized spacial score (nSPS) is 11.6. The topological polar surface area (TPSA) is 119 Å². The maximum atomic E-state index is 12.1. The smallest absolute Gasteiger partial charge is 0.330 e. The summed E-state index contributed by atoms with van der Waals surface area (Å²) in [5.41, 5.74) is -0.568. The molecule has 0 aliphatic heterocycles. The van der Waals surface area contributed by atoms with Crippen LogP contribution in [-0.2, 0) is 9.53 Å². The molecule has 114 valence electrons. The third kappa shape index (κ3) is 4.17. The second kappa shape index (κ2) is 7.60. The molecule has 1 amide bonds. The van der Waals surface area contributed by atoms with Gasteiger partial charge in [-0.3, -0.25) is 14.9 Å². The molecule has 0 aliphatic carbocycles. The lowest BCUT2D eigenvalue weighted by atomic mass is 10.1. The number of ether oxygens (including phenoxy) is 1. The zero-order chi connectivity index (χ0) is 16.0. The number of nitro benzene ring substituents is 1. The molecule has 0 spiro atoms. The van der Waals surface area contributed by atoms with Crippen LogP contribution in [0.1, 0.15) is 10.4 Å². The van der Waals surface area contributed by atoms with Gasteiger partial charge >= 0.3 is 5.97 Å². The van der Waals surface area contributed by atoms with Crippen LogP contribution in [0.2, 0.25) is 0 Å². The maximum Gasteiger partial charge on any atom is 0.330 e. The molecule has 8 nitrogen and oxygen atoms in total. The van der Waals surface area contributed by atoms with Crippen molar-refractivity contribution in [3.8, 4) is 0 Å². The highest BCUT2D eigenvalue weighted by Gasteiger charge is 2.26. The molecule has 0 radical (unpaired) electrons. The highest BCUT2D eigenvalue weighted by Crippen LogP contribution is 2.24. The van der Waals surface area contributed by atoms with Gasteiger partial charge in [-0.2, -0.15) is 0 Å². The summed E-state index contributed by atoms with van der Waals surface area (Å²) in [6.45, 7) is -0.672. The molecule has 0 heterocycles. The second-order valence-corrected chi connectivity index (χ2v) is 4.75. The number of hydrogen-bond acceptors (Lipinski definition) is 7. The number of amides is 1. The summed E-state index contributed by atoms with van der Waals surface area (Å²) in [5.74, 6) is -1.67. The Hall–Kier alpha value is -2.13. The number of carbonyl (C=O) groups excluding carboxylic acids is 2. The SMILES string of the molecule is COC(=O)C(CO)NC(=O)c1cc(SC)ccc1[N+](=O)[O-]. The minimum Gasteiger partial charge on any atom is -0.467 e. The summed E-state index contributed by atoms with van der Waals surface area (Å²) in [6, 6.07) is 2.81. The van der Waals surface area contributed by atoms with E-state index in [0.717, 1.165) is 7.11 Å². The molecule has 1 unspecified atom stereocenters. The van der Waals surface area contributed by atoms with Gasteiger partial charge in [-0.05, 0) is 18.4 Å². The first kappa shape index (κ1) is 16.9. The van der Waals surface area contributed by atoms with Crippen molar-refractivity contribution in [3.63, 3.8) is 0 Å². The van der Waals surface area contributed by atoms with Gasteiger partial charge < -0.3 is 15.2 Å². The third-order valence-electron chi connectivity index (χ3n) is 2.62. The summed E-state index contributed by atoms with van der Waals surface area (Å²) in [5, 5.41) is 22.2. The summed E-state index contributed by atoms with van der Waals surface area (Å²) in [6.07, 6.45) is 1.76. The number of methoxy groups -OCH3 is 1. The van der Waals surface area contributed by atoms with E-state index < -0.39 is 29.4 Å². The fraction of sp³-hybridized carbons (Fsp3) is 0.333. The van der Waals surface area contributed by atoms with Crippen LogP contribution in [0, 0.1) is 10.1 Å². The number of hydrogen-bond donors (Lipinski definition) is 2. The number of nitrogens with zero attached hydrogens (tertiary/aromatic N) is 1. The van der Waals surface area contributed by atoms with Crippen molar-refractivity contribution in [2.45, 2.75) is 10.9 Å². The molecule has 0 saturated heterocycles. The predicted molar refractivity (Wildman–Crippen MR) is 75.2 cm³/mol. The van der Waals surface area contributed by atoms with Crippen LogP contribution in [0.4, 0.5) is 5.69 Å². The maximum absolute atomic E-state index is 12.1. The minimum atomic E-state index is -1.28. The van der Waals surface area contributed by atoms with Gasteiger partial charge in [0.1, 0.15) is 5.56 Å². The Bertz CT molecular complexity index is 563. The molecule has 1 atom stereocenters. The number of nitrogens with one attached hydrogen (secondary N) is 1. The first-order chi connectivity index (χ1) is 9.94. The van der Waals surface area contributed by atoms with Crippen LogP contribution in [0.3, 0.4) is 0 Å². The van der Waals surface area contributed by atoms with Gasteiger partial charge in [-0.1, -0.05) is 0 Å². The van der Waals surface area contributed by atoms with E-state index in [1.807, 2.05) is 0 Å². The van der Waals surface area contributed by atoms with E-state index in [0.29, 0.717) is 4.90 Å². The molecule has 1 rings (SSSR count). The third-order valence-corrected chi connectivity index (χ3v) is 3.34. The predicted octanol–water partition coefficient (Wildman–Crippen LogP) is 0.580. The Morgan fingerprint density at radius 3 is 2.67 bits per heavy atom. The van der Waals surface area contributed by atoms with Crippen LogP contribution in [-0.4, -0.2) is 47.9 Å². The van der Waals surface area contributed by atoms with Crippen LogP contribution in [0.15, 0.2) is 23.1 Å². The average molecular weight is 314 g/mol. The number of benzene rings is 1. The number of rotatable bonds is 6. The van der Waals surface area contributed by atoms with Gasteiger partial charge in [0.25, 0.3) is 11.6 Å². The quantitative estimate of drug-likeness (QED) is 0.341. The highest BCUT2D eigenvalue weighted by atomic mass is 32.2. The van der Waals surface area contributed by atoms with Crippen molar-refractivity contribution in [2.75, 3.05) is 20.0 Å². The van der Waals surface area contributed by atoms with E-state index in [-0.39, 0.29) is 11.3 Å². The summed E-state index contributed by atoms with van der Waals surface area (Å²) >= 11 is 1.31. The molecule has 2 N–H and O–H groups in total. The zero-order valence-corrected chi connectivity index (χ0v) is 12.2. The lowest BCUT2D eigenvalue weighted by Gasteiger charge is -2.14. The van der Waals surface area contributed by atoms with E-state index in [9.17, 15) is 19.7 Å². The van der Waals surface area contributed by atoms with Crippen molar-refractivity contribution in [1.29, 1.82) is 0 Å². The molecule has 0 aliphatic rings. The number of nitro groups is 1. The van der Waals surface area contributed by atoms with Crippen LogP contribution < -0.4 is 5.32 Å². The average Bonchev–Trinajstić information content (AvgIpc) is 2.50. The van der Waals surface area contributed by atoms with Crippen LogP contribution in [0.5, 0.6) is 0 Å². The van der Waals surface area contributed by atoms with Gasteiger partial charge in [-0.25, -0.2) is 4.79 Å². The van der Waals surface area contributed by atoms with E-state index >= 15 is 0 Å². The number of aliphatic hydroxyl groups excluding tert-OH is 1. The van der Waals surface area contributed by atoms with E-state index in [4.69, 9.17) is 5.11 Å². The molecule has 9 heteroatoms. The second-order valence-electron chi connectivity index (χ2n) is 3.87. The van der Waals surface area contributed by atoms with E-state index in [1.165, 1.54) is 30.0 Å². The molecule has 21 heavy (non-hydrogen) atoms. The molecule has 0 aromatic heterocycles. The van der Waals surface area contributed by atoms with Crippen LogP contribution >= 0.6 is 11.8 Å². The fourth-order valence-electron chi connectivity index (χ4n) is 1.54. The molecule has 0 saturated carbocycles. The monoisotopic (exact) mass is 314 g/mol. The van der Waals surface area contributed by atoms with Crippen LogP contribution in [0.25, 0.3) is 0 Å². The largest absolute Gasteiger partial charge is 0.467 e.